The van der Waals surface area contributed by atoms with E-state index in [1.165, 1.54) is 19.1 Å². The number of hydrogen-bond acceptors (Lipinski definition) is 2. The maximum Gasteiger partial charge on any atom is 0.168 e. The average molecular weight is 492 g/mol. The molecule has 0 N–H and O–H groups in total. The molecule has 1 atom stereocenters. The van der Waals surface area contributed by atoms with Crippen LogP contribution in [0.5, 0.6) is 0 Å². The molecule has 1 unspecified atom stereocenters. The SMILES string of the molecule is CC.CC#C/C(=C\c1cc(C)n(C(/C=C\C(C)C(C)=O)=C/CC)c1C)C(C)=O.Cc1ccc(F)cc1. The van der Waals surface area contributed by atoms with Crippen LogP contribution in [0.4, 0.5) is 4.39 Å². The third kappa shape index (κ3) is 10.9. The van der Waals surface area contributed by atoms with Crippen LogP contribution in [0.3, 0.4) is 0 Å². The summed E-state index contributed by atoms with van der Waals surface area (Å²) in [6.45, 7) is 18.8. The van der Waals surface area contributed by atoms with E-state index in [2.05, 4.69) is 35.5 Å². The molecule has 1 heterocycles. The highest BCUT2D eigenvalue weighted by molar-refractivity contribution is 6.02. The van der Waals surface area contributed by atoms with Crippen molar-refractivity contribution in [3.05, 3.63) is 82.5 Å². The van der Waals surface area contributed by atoms with Crippen molar-refractivity contribution >= 4 is 23.3 Å². The summed E-state index contributed by atoms with van der Waals surface area (Å²) in [5.41, 5.74) is 5.72. The van der Waals surface area contributed by atoms with Crippen LogP contribution in [-0.4, -0.2) is 16.1 Å². The Morgan fingerprint density at radius 2 is 1.67 bits per heavy atom. The first kappa shape index (κ1) is 32.6. The van der Waals surface area contributed by atoms with Gasteiger partial charge in [0.2, 0.25) is 0 Å². The second-order valence-corrected chi connectivity index (χ2v) is 8.24. The van der Waals surface area contributed by atoms with Gasteiger partial charge in [-0.25, -0.2) is 4.39 Å². The van der Waals surface area contributed by atoms with Gasteiger partial charge in [0.1, 0.15) is 11.6 Å². The highest BCUT2D eigenvalue weighted by atomic mass is 19.1. The van der Waals surface area contributed by atoms with Gasteiger partial charge in [0.15, 0.2) is 5.78 Å². The molecule has 0 saturated heterocycles. The van der Waals surface area contributed by atoms with E-state index < -0.39 is 0 Å². The summed E-state index contributed by atoms with van der Waals surface area (Å²) < 4.78 is 14.2. The summed E-state index contributed by atoms with van der Waals surface area (Å²) in [6, 6.07) is 8.46. The third-order valence-electron chi connectivity index (χ3n) is 5.29. The van der Waals surface area contributed by atoms with E-state index in [1.54, 1.807) is 26.0 Å². The number of ketones is 2. The van der Waals surface area contributed by atoms with Crippen molar-refractivity contribution in [2.75, 3.05) is 0 Å². The normalized spacial score (nSPS) is 12.0. The fourth-order valence-electron chi connectivity index (χ4n) is 3.20. The maximum absolute atomic E-state index is 12.1. The van der Waals surface area contributed by atoms with Crippen LogP contribution < -0.4 is 0 Å². The fourth-order valence-corrected chi connectivity index (χ4v) is 3.20. The fraction of sp³-hybridized carbons (Fsp3) is 0.375. The van der Waals surface area contributed by atoms with Crippen molar-refractivity contribution < 1.29 is 14.0 Å². The Morgan fingerprint density at radius 1 is 1.08 bits per heavy atom. The average Bonchev–Trinajstić information content (AvgIpc) is 3.12. The predicted octanol–water partition coefficient (Wildman–Crippen LogP) is 8.29. The summed E-state index contributed by atoms with van der Waals surface area (Å²) in [4.78, 5) is 23.3. The minimum absolute atomic E-state index is 0.0383. The number of nitrogens with zero attached hydrogens (tertiary/aromatic N) is 1. The van der Waals surface area contributed by atoms with Gasteiger partial charge >= 0.3 is 0 Å². The molecule has 0 aliphatic carbocycles. The van der Waals surface area contributed by atoms with Gasteiger partial charge in [-0.05, 0) is 83.9 Å². The van der Waals surface area contributed by atoms with Crippen molar-refractivity contribution in [2.24, 2.45) is 5.92 Å². The van der Waals surface area contributed by atoms with Gasteiger partial charge in [0.25, 0.3) is 0 Å². The van der Waals surface area contributed by atoms with Gasteiger partial charge in [0.05, 0.1) is 5.57 Å². The molecule has 194 valence electrons. The first-order chi connectivity index (χ1) is 17.0. The van der Waals surface area contributed by atoms with E-state index in [4.69, 9.17) is 0 Å². The minimum Gasteiger partial charge on any atom is -0.318 e. The summed E-state index contributed by atoms with van der Waals surface area (Å²) in [5, 5.41) is 0. The molecule has 2 aromatic rings. The van der Waals surface area contributed by atoms with Gasteiger partial charge in [0, 0.05) is 23.0 Å². The highest BCUT2D eigenvalue weighted by Crippen LogP contribution is 2.24. The molecule has 0 radical (unpaired) electrons. The largest absolute Gasteiger partial charge is 0.318 e. The lowest BCUT2D eigenvalue weighted by atomic mass is 10.1. The molecule has 0 amide bonds. The quantitative estimate of drug-likeness (QED) is 0.222. The molecule has 1 aromatic heterocycles. The molecule has 3 nitrogen and oxygen atoms in total. The summed E-state index contributed by atoms with van der Waals surface area (Å²) in [6.07, 6.45) is 8.80. The molecule has 0 spiro atoms. The van der Waals surface area contributed by atoms with Crippen molar-refractivity contribution in [3.63, 3.8) is 0 Å². The zero-order valence-corrected chi connectivity index (χ0v) is 23.6. The summed E-state index contributed by atoms with van der Waals surface area (Å²) >= 11 is 0. The van der Waals surface area contributed by atoms with Crippen molar-refractivity contribution in [3.8, 4) is 11.8 Å². The first-order valence-electron chi connectivity index (χ1n) is 12.5. The van der Waals surface area contributed by atoms with Crippen LogP contribution in [0.25, 0.3) is 11.8 Å². The minimum atomic E-state index is -0.171. The van der Waals surface area contributed by atoms with E-state index >= 15 is 0 Å². The Bertz CT molecular complexity index is 1130. The molecule has 0 aliphatic rings. The Hall–Kier alpha value is -3.45. The molecule has 0 saturated carbocycles. The lowest BCUT2D eigenvalue weighted by molar-refractivity contribution is -0.119. The number of aromatic nitrogens is 1. The number of aryl methyl sites for hydroxylation is 2. The molecule has 0 aliphatic heterocycles. The third-order valence-corrected chi connectivity index (χ3v) is 5.29. The number of allylic oxidation sites excluding steroid dienone is 5. The van der Waals surface area contributed by atoms with E-state index in [0.29, 0.717) is 5.57 Å². The van der Waals surface area contributed by atoms with Gasteiger partial charge < -0.3 is 4.57 Å². The molecule has 4 heteroatoms. The summed E-state index contributed by atoms with van der Waals surface area (Å²) in [5.74, 6) is 5.50. The van der Waals surface area contributed by atoms with E-state index in [1.807, 2.05) is 59.8 Å². The van der Waals surface area contributed by atoms with Crippen LogP contribution in [-0.2, 0) is 9.59 Å². The molecular weight excluding hydrogens is 449 g/mol. The van der Waals surface area contributed by atoms with Crippen LogP contribution in [0.2, 0.25) is 0 Å². The molecule has 0 fully saturated rings. The first-order valence-corrected chi connectivity index (χ1v) is 12.5. The molecule has 0 bridgehead atoms. The van der Waals surface area contributed by atoms with Gasteiger partial charge in [-0.15, -0.1) is 5.92 Å². The molecular formula is C32H42FNO2. The number of carbonyl (C=O) groups excluding carboxylic acids is 2. The highest BCUT2D eigenvalue weighted by Gasteiger charge is 2.12. The van der Waals surface area contributed by atoms with Crippen molar-refractivity contribution in [1.29, 1.82) is 0 Å². The number of carbonyl (C=O) groups is 2. The second kappa shape index (κ2) is 17.1. The standard InChI is InChI=1S/C23H29NO2.C7H7F.C2H6/c1-8-10-21(20(7)26)15-22-14-17(4)24(18(22)5)23(11-9-2)13-12-16(3)19(6)25;1-6-2-4-7(8)5-3-6;1-2/h11-16H,9H2,1-7H3;2-5H,1H3;1-2H3/b13-12-,21-15+,23-11+;;. The topological polar surface area (TPSA) is 39.1 Å². The summed E-state index contributed by atoms with van der Waals surface area (Å²) in [7, 11) is 0. The van der Waals surface area contributed by atoms with Crippen LogP contribution in [0.15, 0.2) is 54.1 Å². The zero-order chi connectivity index (χ0) is 27.8. The Morgan fingerprint density at radius 3 is 2.11 bits per heavy atom. The number of benzene rings is 1. The molecule has 2 rings (SSSR count). The van der Waals surface area contributed by atoms with E-state index in [9.17, 15) is 14.0 Å². The van der Waals surface area contributed by atoms with Crippen LogP contribution in [0, 0.1) is 44.3 Å². The number of halogens is 1. The van der Waals surface area contributed by atoms with Crippen molar-refractivity contribution in [2.45, 2.75) is 75.7 Å². The van der Waals surface area contributed by atoms with Gasteiger partial charge in [-0.2, -0.15) is 0 Å². The van der Waals surface area contributed by atoms with E-state index in [-0.39, 0.29) is 23.3 Å². The Kier molecular flexibility index (Phi) is 15.4. The zero-order valence-electron chi connectivity index (χ0n) is 23.6. The number of rotatable bonds is 7. The lowest BCUT2D eigenvalue weighted by Gasteiger charge is -2.12. The van der Waals surface area contributed by atoms with Crippen LogP contribution in [0.1, 0.15) is 77.4 Å². The number of Topliss-reactive ketones (excluding diaryl/α,β-unsaturated/α-hetero) is 2. The van der Waals surface area contributed by atoms with Gasteiger partial charge in [-0.1, -0.05) is 63.5 Å². The van der Waals surface area contributed by atoms with E-state index in [0.717, 1.165) is 34.6 Å². The lowest BCUT2D eigenvalue weighted by Crippen LogP contribution is -2.04. The second-order valence-electron chi connectivity index (χ2n) is 8.24. The van der Waals surface area contributed by atoms with Crippen molar-refractivity contribution in [1.82, 2.24) is 4.57 Å². The van der Waals surface area contributed by atoms with Crippen LogP contribution >= 0.6 is 0 Å². The Balaban J connectivity index is 0.00000102. The molecule has 1 aromatic carbocycles. The maximum atomic E-state index is 12.1. The monoisotopic (exact) mass is 491 g/mol. The Labute approximate surface area is 217 Å². The molecule has 36 heavy (non-hydrogen) atoms. The van der Waals surface area contributed by atoms with Gasteiger partial charge in [-0.3, -0.25) is 9.59 Å². The predicted molar refractivity (Wildman–Crippen MR) is 152 cm³/mol. The smallest absolute Gasteiger partial charge is 0.168 e. The number of hydrogen-bond donors (Lipinski definition) is 0.